The lowest BCUT2D eigenvalue weighted by Crippen LogP contribution is -2.42. The number of carbonyl (C=O) groups excluding carboxylic acids is 1. The van der Waals surface area contributed by atoms with E-state index in [1.807, 2.05) is 23.1 Å². The maximum Gasteiger partial charge on any atom is 0.254 e. The number of rotatable bonds is 5. The number of amides is 1. The quantitative estimate of drug-likeness (QED) is 0.626. The van der Waals surface area contributed by atoms with Gasteiger partial charge in [-0.1, -0.05) is 0 Å². The van der Waals surface area contributed by atoms with Crippen molar-refractivity contribution < 1.29 is 4.79 Å². The van der Waals surface area contributed by atoms with Crippen LogP contribution in [0.3, 0.4) is 0 Å². The fraction of sp³-hybridized carbons (Fsp3) is 0.500. The van der Waals surface area contributed by atoms with Crippen molar-refractivity contribution in [3.05, 3.63) is 40.6 Å². The Morgan fingerprint density at radius 3 is 2.55 bits per heavy atom. The van der Waals surface area contributed by atoms with Crippen LogP contribution >= 0.6 is 15.9 Å². The van der Waals surface area contributed by atoms with Crippen LogP contribution in [0.5, 0.6) is 0 Å². The molecule has 2 aliphatic rings. The van der Waals surface area contributed by atoms with Crippen LogP contribution in [0.2, 0.25) is 0 Å². The number of nitrogens with one attached hydrogen (secondary N) is 1. The minimum absolute atomic E-state index is 0.0467. The monoisotopic (exact) mass is 487 g/mol. The van der Waals surface area contributed by atoms with Gasteiger partial charge < -0.3 is 25.8 Å². The molecule has 0 saturated carbocycles. The Balaban J connectivity index is 1.40. The van der Waals surface area contributed by atoms with E-state index in [2.05, 4.69) is 55.1 Å². The molecule has 1 atom stereocenters. The Kier molecular flexibility index (Phi) is 6.62. The number of nitrogens with zero attached hydrogens (tertiary/aromatic N) is 5. The molecule has 8 nitrogen and oxygen atoms in total. The van der Waals surface area contributed by atoms with Gasteiger partial charge in [0.25, 0.3) is 5.91 Å². The van der Waals surface area contributed by atoms with E-state index >= 15 is 0 Å². The summed E-state index contributed by atoms with van der Waals surface area (Å²) in [6.45, 7) is 3.24. The van der Waals surface area contributed by atoms with E-state index in [4.69, 9.17) is 5.73 Å². The van der Waals surface area contributed by atoms with E-state index in [1.54, 1.807) is 12.4 Å². The lowest BCUT2D eigenvalue weighted by atomic mass is 10.0. The highest BCUT2D eigenvalue weighted by Crippen LogP contribution is 2.29. The van der Waals surface area contributed by atoms with Crippen molar-refractivity contribution in [2.45, 2.75) is 31.3 Å². The molecule has 1 aromatic heterocycles. The summed E-state index contributed by atoms with van der Waals surface area (Å²) < 4.78 is 0.839. The fourth-order valence-electron chi connectivity index (χ4n) is 4.39. The first-order valence-electron chi connectivity index (χ1n) is 10.7. The number of piperidine rings is 1. The zero-order chi connectivity index (χ0) is 22.0. The molecule has 1 amide bonds. The highest BCUT2D eigenvalue weighted by atomic mass is 79.9. The topological polar surface area (TPSA) is 90.6 Å². The maximum absolute atomic E-state index is 13.2. The van der Waals surface area contributed by atoms with Crippen LogP contribution in [0, 0.1) is 0 Å². The average Bonchev–Trinajstić information content (AvgIpc) is 3.24. The third-order valence-corrected chi connectivity index (χ3v) is 6.65. The van der Waals surface area contributed by atoms with Gasteiger partial charge in [-0.2, -0.15) is 0 Å². The minimum atomic E-state index is 0.0467. The standard InChI is InChI=1S/C22H30BrN7O/c1-28(2)18-6-9-29(10-7-18)20-11-15(3-4-19(20)24)21(31)30-8-5-17(14-30)27-22-25-12-16(23)13-26-22/h3-4,11-13,17-18H,5-10,14,24H2,1-2H3,(H,25,26,27)/t17-/m0/s1. The normalized spacial score (nSPS) is 19.8. The van der Waals surface area contributed by atoms with Crippen molar-refractivity contribution in [3.8, 4) is 0 Å². The molecule has 0 radical (unpaired) electrons. The largest absolute Gasteiger partial charge is 0.397 e. The van der Waals surface area contributed by atoms with Crippen LogP contribution in [-0.4, -0.2) is 78.0 Å². The van der Waals surface area contributed by atoms with E-state index < -0.39 is 0 Å². The summed E-state index contributed by atoms with van der Waals surface area (Å²) in [4.78, 5) is 28.2. The summed E-state index contributed by atoms with van der Waals surface area (Å²) >= 11 is 3.34. The number of hydrogen-bond acceptors (Lipinski definition) is 7. The minimum Gasteiger partial charge on any atom is -0.397 e. The van der Waals surface area contributed by atoms with Crippen LogP contribution < -0.4 is 16.0 Å². The average molecular weight is 488 g/mol. The summed E-state index contributed by atoms with van der Waals surface area (Å²) in [5, 5.41) is 3.32. The van der Waals surface area contributed by atoms with Gasteiger partial charge >= 0.3 is 0 Å². The van der Waals surface area contributed by atoms with Gasteiger partial charge in [0.15, 0.2) is 0 Å². The van der Waals surface area contributed by atoms with Gasteiger partial charge in [-0.25, -0.2) is 9.97 Å². The second kappa shape index (κ2) is 9.40. The van der Waals surface area contributed by atoms with Gasteiger partial charge in [-0.05, 0) is 67.5 Å². The van der Waals surface area contributed by atoms with Crippen molar-refractivity contribution in [3.63, 3.8) is 0 Å². The Bertz CT molecular complexity index is 913. The molecule has 4 rings (SSSR count). The SMILES string of the molecule is CN(C)C1CCN(c2cc(C(=O)N3CC[C@H](Nc4ncc(Br)cn4)C3)ccc2N)CC1. The Hall–Kier alpha value is -2.39. The van der Waals surface area contributed by atoms with Crippen LogP contribution in [-0.2, 0) is 0 Å². The zero-order valence-electron chi connectivity index (χ0n) is 18.1. The van der Waals surface area contributed by atoms with Gasteiger partial charge in [-0.15, -0.1) is 0 Å². The van der Waals surface area contributed by atoms with Crippen molar-refractivity contribution in [1.82, 2.24) is 19.8 Å². The number of nitrogen functional groups attached to an aromatic ring is 1. The number of likely N-dealkylation sites (tertiary alicyclic amines) is 1. The number of aromatic nitrogens is 2. The molecule has 2 fully saturated rings. The Morgan fingerprint density at radius 2 is 1.87 bits per heavy atom. The van der Waals surface area contributed by atoms with E-state index in [1.165, 1.54) is 0 Å². The lowest BCUT2D eigenvalue weighted by molar-refractivity contribution is 0.0791. The summed E-state index contributed by atoms with van der Waals surface area (Å²) in [7, 11) is 4.27. The van der Waals surface area contributed by atoms with Crippen molar-refractivity contribution in [1.29, 1.82) is 0 Å². The zero-order valence-corrected chi connectivity index (χ0v) is 19.7. The molecule has 2 aromatic rings. The summed E-state index contributed by atoms with van der Waals surface area (Å²) in [5.74, 6) is 0.629. The molecule has 0 unspecified atom stereocenters. The first kappa shape index (κ1) is 21.8. The summed E-state index contributed by atoms with van der Waals surface area (Å²) in [5.41, 5.74) is 8.68. The predicted octanol–water partition coefficient (Wildman–Crippen LogP) is 2.68. The van der Waals surface area contributed by atoms with Crippen LogP contribution in [0.15, 0.2) is 35.1 Å². The van der Waals surface area contributed by atoms with Gasteiger partial charge in [0, 0.05) is 56.2 Å². The molecule has 166 valence electrons. The van der Waals surface area contributed by atoms with Crippen molar-refractivity contribution in [2.24, 2.45) is 0 Å². The Morgan fingerprint density at radius 1 is 1.16 bits per heavy atom. The van der Waals surface area contributed by atoms with Crippen molar-refractivity contribution >= 4 is 39.2 Å². The number of nitrogens with two attached hydrogens (primary N) is 1. The molecule has 3 heterocycles. The fourth-order valence-corrected chi connectivity index (χ4v) is 4.59. The molecule has 1 aromatic carbocycles. The molecule has 0 bridgehead atoms. The van der Waals surface area contributed by atoms with Crippen molar-refractivity contribution in [2.75, 3.05) is 56.2 Å². The third-order valence-electron chi connectivity index (χ3n) is 6.24. The van der Waals surface area contributed by atoms with Gasteiger partial charge in [0.05, 0.1) is 15.8 Å². The predicted molar refractivity (Wildman–Crippen MR) is 127 cm³/mol. The summed E-state index contributed by atoms with van der Waals surface area (Å²) in [6, 6.07) is 6.41. The number of halogens is 1. The highest BCUT2D eigenvalue weighted by molar-refractivity contribution is 9.10. The van der Waals surface area contributed by atoms with Crippen LogP contribution in [0.4, 0.5) is 17.3 Å². The maximum atomic E-state index is 13.2. The second-order valence-electron chi connectivity index (χ2n) is 8.56. The molecular weight excluding hydrogens is 458 g/mol. The second-order valence-corrected chi connectivity index (χ2v) is 9.48. The number of anilines is 3. The third kappa shape index (κ3) is 5.10. The number of benzene rings is 1. The first-order chi connectivity index (χ1) is 14.9. The van der Waals surface area contributed by atoms with E-state index in [0.717, 1.165) is 48.2 Å². The molecule has 3 N–H and O–H groups in total. The molecule has 0 spiro atoms. The first-order valence-corrected chi connectivity index (χ1v) is 11.5. The molecule has 9 heteroatoms. The van der Waals surface area contributed by atoms with Crippen LogP contribution in [0.25, 0.3) is 0 Å². The summed E-state index contributed by atoms with van der Waals surface area (Å²) in [6.07, 6.45) is 6.49. The number of carbonyl (C=O) groups is 1. The van der Waals surface area contributed by atoms with E-state index in [-0.39, 0.29) is 11.9 Å². The molecule has 31 heavy (non-hydrogen) atoms. The number of hydrogen-bond donors (Lipinski definition) is 2. The van der Waals surface area contributed by atoms with Gasteiger partial charge in [0.2, 0.25) is 5.95 Å². The van der Waals surface area contributed by atoms with Crippen LogP contribution in [0.1, 0.15) is 29.6 Å². The molecule has 2 saturated heterocycles. The van der Waals surface area contributed by atoms with Gasteiger partial charge in [-0.3, -0.25) is 4.79 Å². The molecular formula is C22H30BrN7O. The lowest BCUT2D eigenvalue weighted by Gasteiger charge is -2.37. The smallest absolute Gasteiger partial charge is 0.254 e. The molecule has 0 aliphatic carbocycles. The Labute approximate surface area is 191 Å². The van der Waals surface area contributed by atoms with E-state index in [0.29, 0.717) is 30.6 Å². The highest BCUT2D eigenvalue weighted by Gasteiger charge is 2.28. The van der Waals surface area contributed by atoms with E-state index in [9.17, 15) is 4.79 Å². The molecule has 2 aliphatic heterocycles. The van der Waals surface area contributed by atoms with Gasteiger partial charge in [0.1, 0.15) is 0 Å².